The van der Waals surface area contributed by atoms with Crippen LogP contribution in [0.2, 0.25) is 0 Å². The predicted octanol–water partition coefficient (Wildman–Crippen LogP) is 3.58. The van der Waals surface area contributed by atoms with E-state index in [-0.39, 0.29) is 12.8 Å². The number of ether oxygens (including phenoxy) is 3. The van der Waals surface area contributed by atoms with Gasteiger partial charge in [0.1, 0.15) is 17.2 Å². The maximum atomic E-state index is 10.5. The number of hydrogen-bond acceptors (Lipinski definition) is 5. The smallest absolute Gasteiger partial charge is 0.303 e. The molecule has 2 N–H and O–H groups in total. The summed E-state index contributed by atoms with van der Waals surface area (Å²) in [6.07, 6.45) is 0.409. The molecule has 0 aliphatic rings. The number of aliphatic carboxylic acids is 1. The Hall–Kier alpha value is -2.99. The molecule has 0 bridgehead atoms. The highest BCUT2D eigenvalue weighted by Gasteiger charge is 2.14. The minimum absolute atomic E-state index is 0.0179. The summed E-state index contributed by atoms with van der Waals surface area (Å²) in [7, 11) is 3.17. The van der Waals surface area contributed by atoms with Gasteiger partial charge in [0.05, 0.1) is 20.6 Å². The van der Waals surface area contributed by atoms with Crippen LogP contribution in [-0.2, 0) is 4.79 Å². The van der Waals surface area contributed by atoms with Gasteiger partial charge in [-0.2, -0.15) is 0 Å². The largest absolute Gasteiger partial charge is 0.497 e. The van der Waals surface area contributed by atoms with Crippen molar-refractivity contribution in [3.63, 3.8) is 0 Å². The molecular weight excluding hydrogens is 336 g/mol. The molecule has 2 rings (SSSR count). The summed E-state index contributed by atoms with van der Waals surface area (Å²) in [4.78, 5) is 10.5. The van der Waals surface area contributed by atoms with E-state index in [1.807, 2.05) is 18.2 Å². The van der Waals surface area contributed by atoms with Gasteiger partial charge in [-0.15, -0.1) is 0 Å². The van der Waals surface area contributed by atoms with Gasteiger partial charge in [-0.05, 0) is 29.3 Å². The molecule has 138 valence electrons. The van der Waals surface area contributed by atoms with Gasteiger partial charge in [0.25, 0.3) is 0 Å². The standard InChI is InChI=1S/C20H22O6/c1-4-13-11-16(24-2)12-17(25-3)20(13)14-5-7-15(8-6-14)26-19(23)10-9-18(21)22/h4-8,11-12,19,23H,1,9-10H2,2-3H3,(H,21,22). The van der Waals surface area contributed by atoms with Gasteiger partial charge in [0, 0.05) is 18.1 Å². The summed E-state index contributed by atoms with van der Waals surface area (Å²) in [5.41, 5.74) is 2.60. The van der Waals surface area contributed by atoms with E-state index in [1.54, 1.807) is 38.5 Å². The van der Waals surface area contributed by atoms with E-state index in [0.717, 1.165) is 16.7 Å². The fourth-order valence-electron chi connectivity index (χ4n) is 2.52. The molecular formula is C20H22O6. The maximum Gasteiger partial charge on any atom is 0.303 e. The molecule has 6 heteroatoms. The molecule has 0 saturated carbocycles. The molecule has 2 aromatic carbocycles. The lowest BCUT2D eigenvalue weighted by Crippen LogP contribution is -2.16. The second-order valence-corrected chi connectivity index (χ2v) is 5.53. The van der Waals surface area contributed by atoms with E-state index in [0.29, 0.717) is 17.2 Å². The number of benzene rings is 2. The Labute approximate surface area is 152 Å². The van der Waals surface area contributed by atoms with Gasteiger partial charge in [-0.25, -0.2) is 0 Å². The topological polar surface area (TPSA) is 85.2 Å². The molecule has 1 atom stereocenters. The third-order valence-electron chi connectivity index (χ3n) is 3.80. The normalized spacial score (nSPS) is 11.5. The molecule has 0 fully saturated rings. The van der Waals surface area contributed by atoms with Gasteiger partial charge in [-0.1, -0.05) is 24.8 Å². The highest BCUT2D eigenvalue weighted by Crippen LogP contribution is 2.38. The Balaban J connectivity index is 2.25. The fourth-order valence-corrected chi connectivity index (χ4v) is 2.52. The quantitative estimate of drug-likeness (QED) is 0.667. The van der Waals surface area contributed by atoms with Crippen LogP contribution >= 0.6 is 0 Å². The highest BCUT2D eigenvalue weighted by molar-refractivity contribution is 5.81. The lowest BCUT2D eigenvalue weighted by atomic mass is 9.98. The molecule has 1 unspecified atom stereocenters. The van der Waals surface area contributed by atoms with Gasteiger partial charge in [0.2, 0.25) is 0 Å². The van der Waals surface area contributed by atoms with E-state index in [1.165, 1.54) is 0 Å². The summed E-state index contributed by atoms with van der Waals surface area (Å²) in [6.45, 7) is 3.84. The van der Waals surface area contributed by atoms with Crippen molar-refractivity contribution < 1.29 is 29.2 Å². The average Bonchev–Trinajstić information content (AvgIpc) is 2.65. The maximum absolute atomic E-state index is 10.5. The van der Waals surface area contributed by atoms with Crippen LogP contribution in [0.4, 0.5) is 0 Å². The van der Waals surface area contributed by atoms with Crippen molar-refractivity contribution in [1.29, 1.82) is 0 Å². The minimum Gasteiger partial charge on any atom is -0.497 e. The average molecular weight is 358 g/mol. The third kappa shape index (κ3) is 4.77. The predicted molar refractivity (Wildman–Crippen MR) is 98.6 cm³/mol. The van der Waals surface area contributed by atoms with Gasteiger partial charge >= 0.3 is 5.97 Å². The molecule has 0 amide bonds. The lowest BCUT2D eigenvalue weighted by Gasteiger charge is -2.16. The Morgan fingerprint density at radius 2 is 1.85 bits per heavy atom. The number of carboxylic acids is 1. The van der Waals surface area contributed by atoms with E-state index in [9.17, 15) is 9.90 Å². The summed E-state index contributed by atoms with van der Waals surface area (Å²) in [5.74, 6) is 0.780. The third-order valence-corrected chi connectivity index (χ3v) is 3.80. The van der Waals surface area contributed by atoms with E-state index in [2.05, 4.69) is 6.58 Å². The second-order valence-electron chi connectivity index (χ2n) is 5.53. The first-order valence-electron chi connectivity index (χ1n) is 8.04. The van der Waals surface area contributed by atoms with Crippen molar-refractivity contribution in [2.24, 2.45) is 0 Å². The van der Waals surface area contributed by atoms with Crippen molar-refractivity contribution in [2.75, 3.05) is 14.2 Å². The molecule has 0 aliphatic heterocycles. The SMILES string of the molecule is C=Cc1cc(OC)cc(OC)c1-c1ccc(OC(O)CCC(=O)O)cc1. The van der Waals surface area contributed by atoms with Crippen molar-refractivity contribution in [3.05, 3.63) is 48.5 Å². The molecule has 0 heterocycles. The molecule has 0 saturated heterocycles. The van der Waals surface area contributed by atoms with Gasteiger partial charge in [0.15, 0.2) is 6.29 Å². The van der Waals surface area contributed by atoms with Crippen molar-refractivity contribution in [2.45, 2.75) is 19.1 Å². The Bertz CT molecular complexity index is 767. The minimum atomic E-state index is -1.17. The Morgan fingerprint density at radius 3 is 2.38 bits per heavy atom. The first kappa shape index (κ1) is 19.3. The molecule has 6 nitrogen and oxygen atoms in total. The number of hydrogen-bond donors (Lipinski definition) is 2. The monoisotopic (exact) mass is 358 g/mol. The number of aliphatic hydroxyl groups excluding tert-OH is 1. The molecule has 26 heavy (non-hydrogen) atoms. The Kier molecular flexibility index (Phi) is 6.63. The number of rotatable bonds is 9. The molecule has 2 aromatic rings. The van der Waals surface area contributed by atoms with Gasteiger partial charge < -0.3 is 24.4 Å². The summed E-state index contributed by atoms with van der Waals surface area (Å²) in [5, 5.41) is 18.4. The van der Waals surface area contributed by atoms with Crippen LogP contribution in [0.3, 0.4) is 0 Å². The van der Waals surface area contributed by atoms with Crippen molar-refractivity contribution in [3.8, 4) is 28.4 Å². The van der Waals surface area contributed by atoms with Crippen molar-refractivity contribution in [1.82, 2.24) is 0 Å². The Morgan fingerprint density at radius 1 is 1.15 bits per heavy atom. The summed E-state index contributed by atoms with van der Waals surface area (Å²) < 4.78 is 16.1. The van der Waals surface area contributed by atoms with E-state index in [4.69, 9.17) is 19.3 Å². The number of carbonyl (C=O) groups is 1. The van der Waals surface area contributed by atoms with Gasteiger partial charge in [-0.3, -0.25) is 4.79 Å². The van der Waals surface area contributed by atoms with E-state index >= 15 is 0 Å². The molecule has 0 aliphatic carbocycles. The number of carboxylic acid groups (broad SMARTS) is 1. The van der Waals surface area contributed by atoms with Crippen LogP contribution in [-0.4, -0.2) is 36.7 Å². The molecule has 0 spiro atoms. The first-order chi connectivity index (χ1) is 12.5. The van der Waals surface area contributed by atoms with Crippen LogP contribution in [0.1, 0.15) is 18.4 Å². The highest BCUT2D eigenvalue weighted by atomic mass is 16.6. The summed E-state index contributed by atoms with van der Waals surface area (Å²) >= 11 is 0. The van der Waals surface area contributed by atoms with E-state index < -0.39 is 12.3 Å². The zero-order chi connectivity index (χ0) is 19.1. The van der Waals surface area contributed by atoms with Crippen LogP contribution in [0.25, 0.3) is 17.2 Å². The first-order valence-corrected chi connectivity index (χ1v) is 8.04. The molecule has 0 radical (unpaired) electrons. The van der Waals surface area contributed by atoms with Crippen LogP contribution < -0.4 is 14.2 Å². The van der Waals surface area contributed by atoms with Crippen LogP contribution in [0, 0.1) is 0 Å². The van der Waals surface area contributed by atoms with Crippen LogP contribution in [0.5, 0.6) is 17.2 Å². The lowest BCUT2D eigenvalue weighted by molar-refractivity contribution is -0.139. The number of methoxy groups -OCH3 is 2. The number of aliphatic hydroxyl groups is 1. The molecule has 0 aromatic heterocycles. The van der Waals surface area contributed by atoms with Crippen molar-refractivity contribution >= 4 is 12.0 Å². The fraction of sp³-hybridized carbons (Fsp3) is 0.250. The summed E-state index contributed by atoms with van der Waals surface area (Å²) in [6, 6.07) is 10.7. The second kappa shape index (κ2) is 8.92. The zero-order valence-corrected chi connectivity index (χ0v) is 14.8. The zero-order valence-electron chi connectivity index (χ0n) is 14.8. The van der Waals surface area contributed by atoms with Crippen LogP contribution in [0.15, 0.2) is 43.0 Å².